The molecule has 1 aliphatic carbocycles. The Hall–Kier alpha value is -4.90. The number of aryl methyl sites for hydroxylation is 1. The van der Waals surface area contributed by atoms with Crippen molar-refractivity contribution in [3.63, 3.8) is 0 Å². The lowest BCUT2D eigenvalue weighted by Crippen LogP contribution is -2.27. The second-order valence-electron chi connectivity index (χ2n) is 9.18. The Kier molecular flexibility index (Phi) is 6.43. The lowest BCUT2D eigenvalue weighted by atomic mass is 9.93. The van der Waals surface area contributed by atoms with Gasteiger partial charge in [-0.15, -0.1) is 0 Å². The van der Waals surface area contributed by atoms with Crippen molar-refractivity contribution in [1.82, 2.24) is 5.16 Å². The SMILES string of the molecule is CCOC(=O)N(c1cccc(C#N)c1)c1c(C)noc1-c1ccc(-c2ccc(C3(C(=O)O)CC3)cc2)cc1. The van der Waals surface area contributed by atoms with Gasteiger partial charge in [0.15, 0.2) is 5.76 Å². The molecule has 0 unspecified atom stereocenters. The van der Waals surface area contributed by atoms with E-state index in [1.165, 1.54) is 4.90 Å². The number of hydrogen-bond acceptors (Lipinski definition) is 6. The van der Waals surface area contributed by atoms with Crippen molar-refractivity contribution in [3.8, 4) is 28.5 Å². The zero-order chi connectivity index (χ0) is 26.9. The summed E-state index contributed by atoms with van der Waals surface area (Å²) in [5, 5.41) is 23.0. The molecule has 0 bridgehead atoms. The number of benzene rings is 3. The summed E-state index contributed by atoms with van der Waals surface area (Å²) >= 11 is 0. The fourth-order valence-corrected chi connectivity index (χ4v) is 4.59. The van der Waals surface area contributed by atoms with Crippen LogP contribution < -0.4 is 4.90 Å². The summed E-state index contributed by atoms with van der Waals surface area (Å²) in [6.07, 6.45) is 0.722. The van der Waals surface area contributed by atoms with Gasteiger partial charge in [0.05, 0.1) is 29.3 Å². The average molecular weight is 508 g/mol. The largest absolute Gasteiger partial charge is 0.481 e. The molecule has 0 spiro atoms. The van der Waals surface area contributed by atoms with Crippen LogP contribution in [0.15, 0.2) is 77.3 Å². The highest BCUT2D eigenvalue weighted by Crippen LogP contribution is 2.48. The number of carbonyl (C=O) groups excluding carboxylic acids is 1. The van der Waals surface area contributed by atoms with Crippen molar-refractivity contribution >= 4 is 23.4 Å². The van der Waals surface area contributed by atoms with Crippen LogP contribution in [0.3, 0.4) is 0 Å². The Balaban J connectivity index is 1.49. The van der Waals surface area contributed by atoms with Crippen LogP contribution in [0.25, 0.3) is 22.5 Å². The molecule has 3 aromatic carbocycles. The van der Waals surface area contributed by atoms with Gasteiger partial charge in [0.1, 0.15) is 11.4 Å². The predicted molar refractivity (Wildman–Crippen MR) is 141 cm³/mol. The van der Waals surface area contributed by atoms with E-state index in [9.17, 15) is 20.0 Å². The molecule has 8 nitrogen and oxygen atoms in total. The summed E-state index contributed by atoms with van der Waals surface area (Å²) in [7, 11) is 0. The molecule has 0 aliphatic heterocycles. The fraction of sp³-hybridized carbons (Fsp3) is 0.200. The maximum atomic E-state index is 13.1. The minimum absolute atomic E-state index is 0.175. The van der Waals surface area contributed by atoms with Gasteiger partial charge in [-0.1, -0.05) is 59.8 Å². The summed E-state index contributed by atoms with van der Waals surface area (Å²) < 4.78 is 11.0. The number of carbonyl (C=O) groups is 2. The molecule has 1 amide bonds. The summed E-state index contributed by atoms with van der Waals surface area (Å²) in [4.78, 5) is 26.1. The van der Waals surface area contributed by atoms with E-state index in [1.54, 1.807) is 38.1 Å². The number of carboxylic acid groups (broad SMARTS) is 1. The molecule has 5 rings (SSSR count). The molecule has 1 heterocycles. The van der Waals surface area contributed by atoms with E-state index in [2.05, 4.69) is 11.2 Å². The zero-order valence-electron chi connectivity index (χ0n) is 21.0. The highest BCUT2D eigenvalue weighted by Gasteiger charge is 2.51. The Morgan fingerprint density at radius 3 is 2.26 bits per heavy atom. The zero-order valence-corrected chi connectivity index (χ0v) is 21.0. The molecule has 1 fully saturated rings. The monoisotopic (exact) mass is 507 g/mol. The second kappa shape index (κ2) is 9.87. The van der Waals surface area contributed by atoms with E-state index < -0.39 is 17.5 Å². The molecule has 1 saturated carbocycles. The first-order valence-electron chi connectivity index (χ1n) is 12.3. The van der Waals surface area contributed by atoms with Crippen LogP contribution in [0.1, 0.15) is 36.6 Å². The third-order valence-electron chi connectivity index (χ3n) is 6.82. The highest BCUT2D eigenvalue weighted by atomic mass is 16.6. The maximum absolute atomic E-state index is 13.1. The molecule has 0 saturated heterocycles. The third kappa shape index (κ3) is 4.39. The van der Waals surface area contributed by atoms with Crippen molar-refractivity contribution in [1.29, 1.82) is 5.26 Å². The van der Waals surface area contributed by atoms with Crippen molar-refractivity contribution in [2.45, 2.75) is 32.1 Å². The van der Waals surface area contributed by atoms with E-state index in [0.717, 1.165) is 16.7 Å². The summed E-state index contributed by atoms with van der Waals surface area (Å²) in [6, 6.07) is 24.0. The molecule has 1 aromatic heterocycles. The first kappa shape index (κ1) is 24.8. The first-order chi connectivity index (χ1) is 18.4. The van der Waals surface area contributed by atoms with Gasteiger partial charge >= 0.3 is 12.1 Å². The van der Waals surface area contributed by atoms with Crippen molar-refractivity contribution in [2.24, 2.45) is 0 Å². The summed E-state index contributed by atoms with van der Waals surface area (Å²) in [5.74, 6) is -0.388. The van der Waals surface area contributed by atoms with Gasteiger partial charge in [-0.2, -0.15) is 5.26 Å². The molecule has 1 aliphatic rings. The maximum Gasteiger partial charge on any atom is 0.419 e. The number of aromatic nitrogens is 1. The van der Waals surface area contributed by atoms with E-state index in [4.69, 9.17) is 9.26 Å². The molecule has 1 N–H and O–H groups in total. The highest BCUT2D eigenvalue weighted by molar-refractivity contribution is 6.00. The number of amides is 1. The van der Waals surface area contributed by atoms with Crippen molar-refractivity contribution < 1.29 is 24.0 Å². The van der Waals surface area contributed by atoms with Crippen LogP contribution >= 0.6 is 0 Å². The summed E-state index contributed by atoms with van der Waals surface area (Å²) in [5.41, 5.74) is 4.47. The molecule has 4 aromatic rings. The number of ether oxygens (including phenoxy) is 1. The molecular weight excluding hydrogens is 482 g/mol. The van der Waals surface area contributed by atoms with Gasteiger partial charge in [0.2, 0.25) is 0 Å². The second-order valence-corrected chi connectivity index (χ2v) is 9.18. The molecule has 8 heteroatoms. The number of nitrogens with zero attached hydrogens (tertiary/aromatic N) is 3. The topological polar surface area (TPSA) is 117 Å². The Morgan fingerprint density at radius 2 is 1.68 bits per heavy atom. The number of aliphatic carboxylic acids is 1. The van der Waals surface area contributed by atoms with Crippen LogP contribution in [0.5, 0.6) is 0 Å². The minimum Gasteiger partial charge on any atom is -0.481 e. The van der Waals surface area contributed by atoms with Gasteiger partial charge in [0, 0.05) is 5.56 Å². The van der Waals surface area contributed by atoms with Crippen LogP contribution in [0.4, 0.5) is 16.2 Å². The first-order valence-corrected chi connectivity index (χ1v) is 12.3. The standard InChI is InChI=1S/C30H25N3O5/c1-3-37-29(36)33(25-6-4-5-20(17-25)18-31)26-19(2)32-38-27(26)23-9-7-21(8-10-23)22-11-13-24(14-12-22)30(15-16-30)28(34)35/h4-14,17H,3,15-16H2,1-2H3,(H,34,35). The van der Waals surface area contributed by atoms with Gasteiger partial charge in [-0.25, -0.2) is 9.69 Å². The lowest BCUT2D eigenvalue weighted by molar-refractivity contribution is -0.140. The van der Waals surface area contributed by atoms with E-state index in [0.29, 0.717) is 46.8 Å². The Morgan fingerprint density at radius 1 is 1.05 bits per heavy atom. The van der Waals surface area contributed by atoms with E-state index >= 15 is 0 Å². The Labute approximate surface area is 219 Å². The minimum atomic E-state index is -0.774. The van der Waals surface area contributed by atoms with E-state index in [1.807, 2.05) is 48.5 Å². The third-order valence-corrected chi connectivity index (χ3v) is 6.82. The van der Waals surface area contributed by atoms with Crippen molar-refractivity contribution in [3.05, 3.63) is 89.6 Å². The predicted octanol–water partition coefficient (Wildman–Crippen LogP) is 6.60. The number of hydrogen-bond donors (Lipinski definition) is 1. The van der Waals surface area contributed by atoms with Gasteiger partial charge < -0.3 is 14.4 Å². The Bertz CT molecular complexity index is 1540. The van der Waals surface area contributed by atoms with Crippen molar-refractivity contribution in [2.75, 3.05) is 11.5 Å². The molecule has 190 valence electrons. The van der Waals surface area contributed by atoms with Crippen LogP contribution in [-0.2, 0) is 14.9 Å². The summed E-state index contributed by atoms with van der Waals surface area (Å²) in [6.45, 7) is 3.64. The van der Waals surface area contributed by atoms with Crippen LogP contribution in [-0.4, -0.2) is 28.9 Å². The average Bonchev–Trinajstić information content (AvgIpc) is 3.68. The molecule has 38 heavy (non-hydrogen) atoms. The number of anilines is 2. The molecule has 0 radical (unpaired) electrons. The molecule has 0 atom stereocenters. The fourth-order valence-electron chi connectivity index (χ4n) is 4.59. The lowest BCUT2D eigenvalue weighted by Gasteiger charge is -2.22. The van der Waals surface area contributed by atoms with Gasteiger partial charge in [-0.05, 0) is 61.6 Å². The van der Waals surface area contributed by atoms with E-state index in [-0.39, 0.29) is 6.61 Å². The van der Waals surface area contributed by atoms with Gasteiger partial charge in [-0.3, -0.25) is 4.79 Å². The van der Waals surface area contributed by atoms with Crippen LogP contribution in [0, 0.1) is 18.3 Å². The number of nitriles is 1. The molecular formula is C30H25N3O5. The van der Waals surface area contributed by atoms with Gasteiger partial charge in [0.25, 0.3) is 0 Å². The normalized spacial score (nSPS) is 13.4. The smallest absolute Gasteiger partial charge is 0.419 e. The number of carboxylic acids is 1. The quantitative estimate of drug-likeness (QED) is 0.299. The number of rotatable bonds is 7. The van der Waals surface area contributed by atoms with Crippen LogP contribution in [0.2, 0.25) is 0 Å².